The molecule has 21 heavy (non-hydrogen) atoms. The van der Waals surface area contributed by atoms with Crippen LogP contribution < -0.4 is 10.2 Å². The smallest absolute Gasteiger partial charge is 0.234 e. The topological polar surface area (TPSA) is 52.6 Å². The Hall–Kier alpha value is -1.55. The van der Waals surface area contributed by atoms with E-state index in [1.165, 1.54) is 0 Å². The molecule has 0 bridgehead atoms. The van der Waals surface area contributed by atoms with Crippen molar-refractivity contribution in [3.8, 4) is 5.75 Å². The van der Waals surface area contributed by atoms with Crippen molar-refractivity contribution in [2.24, 2.45) is 5.41 Å². The highest BCUT2D eigenvalue weighted by molar-refractivity contribution is 5.98. The van der Waals surface area contributed by atoms with Gasteiger partial charge in [-0.05, 0) is 51.3 Å². The maximum Gasteiger partial charge on any atom is 0.234 e. The molecule has 1 heterocycles. The van der Waals surface area contributed by atoms with Crippen molar-refractivity contribution >= 4 is 11.6 Å². The third kappa shape index (κ3) is 3.05. The van der Waals surface area contributed by atoms with Crippen molar-refractivity contribution in [2.45, 2.75) is 40.0 Å². The molecular weight excluding hydrogens is 264 g/mol. The normalized spacial score (nSPS) is 22.0. The first-order valence-electron chi connectivity index (χ1n) is 7.86. The first-order valence-corrected chi connectivity index (χ1v) is 7.86. The highest BCUT2D eigenvalue weighted by atomic mass is 16.3. The zero-order chi connectivity index (χ0) is 15.5. The molecule has 0 radical (unpaired) electrons. The maximum atomic E-state index is 13.2. The molecule has 0 spiro atoms. The lowest BCUT2D eigenvalue weighted by atomic mass is 9.77. The summed E-state index contributed by atoms with van der Waals surface area (Å²) >= 11 is 0. The third-order valence-electron chi connectivity index (χ3n) is 4.65. The molecule has 1 aliphatic heterocycles. The van der Waals surface area contributed by atoms with Gasteiger partial charge < -0.3 is 15.3 Å². The number of phenolic OH excluding ortho intramolecular Hbond substituents is 1. The summed E-state index contributed by atoms with van der Waals surface area (Å²) in [6, 6.07) is 5.21. The Morgan fingerprint density at radius 2 is 2.19 bits per heavy atom. The van der Waals surface area contributed by atoms with Gasteiger partial charge in [-0.3, -0.25) is 4.79 Å². The van der Waals surface area contributed by atoms with E-state index in [1.807, 2.05) is 24.8 Å². The van der Waals surface area contributed by atoms with Gasteiger partial charge in [0.25, 0.3) is 0 Å². The zero-order valence-corrected chi connectivity index (χ0v) is 13.3. The number of phenols is 1. The van der Waals surface area contributed by atoms with Crippen LogP contribution in [0.5, 0.6) is 5.75 Å². The predicted molar refractivity (Wildman–Crippen MR) is 85.7 cm³/mol. The first kappa shape index (κ1) is 15.8. The fourth-order valence-electron chi connectivity index (χ4n) is 3.20. The summed E-state index contributed by atoms with van der Waals surface area (Å²) in [7, 11) is 0. The molecule has 1 aromatic carbocycles. The van der Waals surface area contributed by atoms with Gasteiger partial charge in [-0.25, -0.2) is 0 Å². The van der Waals surface area contributed by atoms with Crippen molar-refractivity contribution in [2.75, 3.05) is 24.5 Å². The van der Waals surface area contributed by atoms with Crippen LogP contribution in [0.4, 0.5) is 5.69 Å². The van der Waals surface area contributed by atoms with Crippen LogP contribution in [0.3, 0.4) is 0 Å². The number of carbonyl (C=O) groups is 1. The summed E-state index contributed by atoms with van der Waals surface area (Å²) in [5, 5.41) is 13.1. The first-order chi connectivity index (χ1) is 10.0. The molecule has 4 nitrogen and oxygen atoms in total. The number of aryl methyl sites for hydroxylation is 1. The van der Waals surface area contributed by atoms with Crippen LogP contribution in [0.25, 0.3) is 0 Å². The van der Waals surface area contributed by atoms with Crippen LogP contribution in [0.15, 0.2) is 18.2 Å². The van der Waals surface area contributed by atoms with Crippen LogP contribution in [0, 0.1) is 12.3 Å². The number of nitrogens with zero attached hydrogens (tertiary/aromatic N) is 1. The van der Waals surface area contributed by atoms with E-state index in [2.05, 4.69) is 12.2 Å². The Morgan fingerprint density at radius 3 is 2.76 bits per heavy atom. The molecule has 4 heteroatoms. The summed E-state index contributed by atoms with van der Waals surface area (Å²) < 4.78 is 0. The number of carbonyl (C=O) groups excluding carboxylic acids is 1. The Kier molecular flexibility index (Phi) is 4.88. The number of amides is 1. The lowest BCUT2D eigenvalue weighted by Gasteiger charge is -2.39. The second kappa shape index (κ2) is 6.48. The molecule has 2 rings (SSSR count). The van der Waals surface area contributed by atoms with Gasteiger partial charge in [0.15, 0.2) is 0 Å². The third-order valence-corrected chi connectivity index (χ3v) is 4.65. The Labute approximate surface area is 127 Å². The van der Waals surface area contributed by atoms with Gasteiger partial charge in [0.1, 0.15) is 5.75 Å². The summed E-state index contributed by atoms with van der Waals surface area (Å²) in [6.07, 6.45) is 2.81. The molecule has 0 aromatic heterocycles. The number of benzene rings is 1. The van der Waals surface area contributed by atoms with E-state index < -0.39 is 0 Å². The van der Waals surface area contributed by atoms with Crippen molar-refractivity contribution in [1.82, 2.24) is 5.32 Å². The molecule has 116 valence electrons. The molecular formula is C17H26N2O2. The second-order valence-corrected chi connectivity index (χ2v) is 5.93. The molecule has 0 saturated carbocycles. The van der Waals surface area contributed by atoms with Gasteiger partial charge in [-0.1, -0.05) is 13.0 Å². The Balaban J connectivity index is 2.35. The lowest BCUT2D eigenvalue weighted by molar-refractivity contribution is -0.129. The molecule has 1 amide bonds. The highest BCUT2D eigenvalue weighted by Crippen LogP contribution is 2.35. The number of piperidine rings is 1. The van der Waals surface area contributed by atoms with Gasteiger partial charge in [-0.2, -0.15) is 0 Å². The van der Waals surface area contributed by atoms with E-state index in [9.17, 15) is 9.90 Å². The van der Waals surface area contributed by atoms with E-state index in [4.69, 9.17) is 0 Å². The predicted octanol–water partition coefficient (Wildman–Crippen LogP) is 2.83. The summed E-state index contributed by atoms with van der Waals surface area (Å²) in [5.74, 6) is 0.377. The van der Waals surface area contributed by atoms with Gasteiger partial charge in [0, 0.05) is 19.2 Å². The second-order valence-electron chi connectivity index (χ2n) is 5.93. The van der Waals surface area contributed by atoms with E-state index in [-0.39, 0.29) is 17.1 Å². The SMILES string of the molecule is CCN(C(=O)C1(CC)CCCNC1)c1cc(O)ccc1C. The maximum absolute atomic E-state index is 13.2. The average molecular weight is 290 g/mol. The minimum absolute atomic E-state index is 0.174. The molecule has 1 saturated heterocycles. The summed E-state index contributed by atoms with van der Waals surface area (Å²) in [5.41, 5.74) is 1.52. The minimum atomic E-state index is -0.313. The van der Waals surface area contributed by atoms with Crippen molar-refractivity contribution in [3.05, 3.63) is 23.8 Å². The van der Waals surface area contributed by atoms with Crippen molar-refractivity contribution in [3.63, 3.8) is 0 Å². The molecule has 2 N–H and O–H groups in total. The van der Waals surface area contributed by atoms with Crippen molar-refractivity contribution < 1.29 is 9.90 Å². The van der Waals surface area contributed by atoms with Crippen LogP contribution >= 0.6 is 0 Å². The van der Waals surface area contributed by atoms with Crippen LogP contribution in [-0.2, 0) is 4.79 Å². The van der Waals surface area contributed by atoms with Gasteiger partial charge in [0.2, 0.25) is 5.91 Å². The molecule has 1 unspecified atom stereocenters. The fraction of sp³-hybridized carbons (Fsp3) is 0.588. The molecule has 0 aliphatic carbocycles. The number of aromatic hydroxyl groups is 1. The largest absolute Gasteiger partial charge is 0.508 e. The molecule has 1 aliphatic rings. The number of anilines is 1. The monoisotopic (exact) mass is 290 g/mol. The van der Waals surface area contributed by atoms with Gasteiger partial charge in [0.05, 0.1) is 11.1 Å². The number of hydrogen-bond acceptors (Lipinski definition) is 3. The Morgan fingerprint density at radius 1 is 1.43 bits per heavy atom. The standard InChI is InChI=1S/C17H26N2O2/c1-4-17(9-6-10-18-12-17)16(21)19(5-2)15-11-14(20)8-7-13(15)3/h7-8,11,18,20H,4-6,9-10,12H2,1-3H3. The van der Waals surface area contributed by atoms with Gasteiger partial charge in [-0.15, -0.1) is 0 Å². The number of hydrogen-bond donors (Lipinski definition) is 2. The quantitative estimate of drug-likeness (QED) is 0.896. The molecule has 1 aromatic rings. The minimum Gasteiger partial charge on any atom is -0.508 e. The van der Waals surface area contributed by atoms with E-state index in [1.54, 1.807) is 12.1 Å². The van der Waals surface area contributed by atoms with E-state index >= 15 is 0 Å². The average Bonchev–Trinajstić information content (AvgIpc) is 2.52. The Bertz CT molecular complexity index is 508. The summed E-state index contributed by atoms with van der Waals surface area (Å²) in [4.78, 5) is 15.0. The van der Waals surface area contributed by atoms with Crippen molar-refractivity contribution in [1.29, 1.82) is 0 Å². The summed E-state index contributed by atoms with van der Waals surface area (Å²) in [6.45, 7) is 8.41. The lowest BCUT2D eigenvalue weighted by Crippen LogP contribution is -2.52. The molecule has 1 fully saturated rings. The zero-order valence-electron chi connectivity index (χ0n) is 13.3. The van der Waals surface area contributed by atoms with Crippen LogP contribution in [-0.4, -0.2) is 30.6 Å². The molecule has 1 atom stereocenters. The highest BCUT2D eigenvalue weighted by Gasteiger charge is 2.40. The fourth-order valence-corrected chi connectivity index (χ4v) is 3.20. The van der Waals surface area contributed by atoms with Gasteiger partial charge >= 0.3 is 0 Å². The number of nitrogens with one attached hydrogen (secondary N) is 1. The van der Waals surface area contributed by atoms with Crippen LogP contribution in [0.1, 0.15) is 38.7 Å². The van der Waals surface area contributed by atoms with E-state index in [0.29, 0.717) is 6.54 Å². The van der Waals surface area contributed by atoms with E-state index in [0.717, 1.165) is 43.6 Å². The number of rotatable bonds is 4. The van der Waals surface area contributed by atoms with Crippen LogP contribution in [0.2, 0.25) is 0 Å².